The third-order valence-electron chi connectivity index (χ3n) is 4.82. The average Bonchev–Trinajstić information content (AvgIpc) is 3.09. The van der Waals surface area contributed by atoms with Crippen molar-refractivity contribution in [1.82, 2.24) is 24.5 Å². The summed E-state index contributed by atoms with van der Waals surface area (Å²) in [6.07, 6.45) is 0. The van der Waals surface area contributed by atoms with E-state index in [1.807, 2.05) is 36.4 Å². The maximum Gasteiger partial charge on any atom is 0.352 e. The van der Waals surface area contributed by atoms with Crippen molar-refractivity contribution < 1.29 is 9.53 Å². The van der Waals surface area contributed by atoms with Crippen LogP contribution in [-0.2, 0) is 17.9 Å². The van der Waals surface area contributed by atoms with Gasteiger partial charge in [0.15, 0.2) is 5.65 Å². The monoisotopic (exact) mass is 437 g/mol. The zero-order valence-electron chi connectivity index (χ0n) is 17.0. The number of nitrogens with zero attached hydrogens (tertiary/aromatic N) is 4. The van der Waals surface area contributed by atoms with Gasteiger partial charge in [-0.1, -0.05) is 23.7 Å². The van der Waals surface area contributed by atoms with Gasteiger partial charge < -0.3 is 10.1 Å². The molecule has 8 nitrogen and oxygen atoms in total. The van der Waals surface area contributed by atoms with Gasteiger partial charge in [-0.2, -0.15) is 0 Å². The lowest BCUT2D eigenvalue weighted by Gasteiger charge is -2.05. The summed E-state index contributed by atoms with van der Waals surface area (Å²) < 4.78 is 7.71. The molecule has 0 unspecified atom stereocenters. The fourth-order valence-electron chi connectivity index (χ4n) is 3.21. The molecular formula is C22H20ClN5O3. The predicted molar refractivity (Wildman–Crippen MR) is 117 cm³/mol. The molecule has 31 heavy (non-hydrogen) atoms. The molecule has 0 atom stereocenters. The van der Waals surface area contributed by atoms with Gasteiger partial charge in [0.1, 0.15) is 18.1 Å². The van der Waals surface area contributed by atoms with Gasteiger partial charge in [-0.3, -0.25) is 4.79 Å². The van der Waals surface area contributed by atoms with Crippen LogP contribution >= 0.6 is 11.6 Å². The van der Waals surface area contributed by atoms with E-state index in [2.05, 4.69) is 15.4 Å². The van der Waals surface area contributed by atoms with E-state index in [1.165, 1.54) is 4.40 Å². The van der Waals surface area contributed by atoms with Crippen LogP contribution in [0.1, 0.15) is 11.4 Å². The summed E-state index contributed by atoms with van der Waals surface area (Å²) >= 11 is 5.87. The van der Waals surface area contributed by atoms with Gasteiger partial charge in [-0.15, -0.1) is 5.10 Å². The Morgan fingerprint density at radius 2 is 1.84 bits per heavy atom. The van der Waals surface area contributed by atoms with E-state index in [9.17, 15) is 9.59 Å². The Hall–Kier alpha value is -3.65. The van der Waals surface area contributed by atoms with Crippen molar-refractivity contribution in [3.05, 3.63) is 81.5 Å². The zero-order valence-corrected chi connectivity index (χ0v) is 17.8. The molecule has 1 amide bonds. The number of methoxy groups -OCH3 is 1. The number of benzene rings is 2. The smallest absolute Gasteiger partial charge is 0.352 e. The van der Waals surface area contributed by atoms with Crippen LogP contribution in [0.3, 0.4) is 0 Å². The number of carbonyl (C=O) groups excluding carboxylic acids is 1. The second-order valence-corrected chi connectivity index (χ2v) is 7.39. The lowest BCUT2D eigenvalue weighted by Crippen LogP contribution is -2.32. The number of aromatic nitrogens is 4. The summed E-state index contributed by atoms with van der Waals surface area (Å²) in [5.41, 5.74) is 2.46. The third kappa shape index (κ3) is 4.44. The molecule has 0 bridgehead atoms. The van der Waals surface area contributed by atoms with Crippen molar-refractivity contribution in [2.45, 2.75) is 20.0 Å². The SMILES string of the molecule is COc1ccc(-c2cc3nn(CC(=O)NCc4ccc(Cl)cc4)c(=O)n3c(C)n2)cc1. The van der Waals surface area contributed by atoms with Crippen LogP contribution in [-0.4, -0.2) is 32.2 Å². The van der Waals surface area contributed by atoms with Gasteiger partial charge in [0.25, 0.3) is 0 Å². The van der Waals surface area contributed by atoms with Crippen molar-refractivity contribution in [2.75, 3.05) is 7.11 Å². The quantitative estimate of drug-likeness (QED) is 0.501. The lowest BCUT2D eigenvalue weighted by atomic mass is 10.1. The van der Waals surface area contributed by atoms with Crippen molar-refractivity contribution in [2.24, 2.45) is 0 Å². The fourth-order valence-corrected chi connectivity index (χ4v) is 3.33. The van der Waals surface area contributed by atoms with E-state index in [0.29, 0.717) is 28.7 Å². The summed E-state index contributed by atoms with van der Waals surface area (Å²) in [5, 5.41) is 7.74. The van der Waals surface area contributed by atoms with Crippen LogP contribution in [0.2, 0.25) is 5.02 Å². The van der Waals surface area contributed by atoms with Crippen LogP contribution in [0.4, 0.5) is 0 Å². The largest absolute Gasteiger partial charge is 0.497 e. The van der Waals surface area contributed by atoms with E-state index in [-0.39, 0.29) is 12.5 Å². The summed E-state index contributed by atoms with van der Waals surface area (Å²) in [6, 6.07) is 16.3. The Morgan fingerprint density at radius 1 is 1.13 bits per heavy atom. The molecule has 2 heterocycles. The maximum absolute atomic E-state index is 12.7. The first-order valence-corrected chi connectivity index (χ1v) is 9.95. The number of carbonyl (C=O) groups is 1. The molecule has 0 aliphatic carbocycles. The fraction of sp³-hybridized carbons (Fsp3) is 0.182. The van der Waals surface area contributed by atoms with Crippen molar-refractivity contribution in [3.8, 4) is 17.0 Å². The predicted octanol–water partition coefficient (Wildman–Crippen LogP) is 2.84. The number of aryl methyl sites for hydroxylation is 1. The first-order valence-electron chi connectivity index (χ1n) is 9.57. The van der Waals surface area contributed by atoms with E-state index in [4.69, 9.17) is 16.3 Å². The molecule has 0 saturated heterocycles. The minimum Gasteiger partial charge on any atom is -0.497 e. The van der Waals surface area contributed by atoms with Crippen molar-refractivity contribution in [3.63, 3.8) is 0 Å². The molecule has 0 aliphatic rings. The van der Waals surface area contributed by atoms with Crippen LogP contribution in [0.25, 0.3) is 16.9 Å². The number of hydrogen-bond donors (Lipinski definition) is 1. The number of fused-ring (bicyclic) bond motifs is 1. The Labute approximate surface area is 183 Å². The summed E-state index contributed by atoms with van der Waals surface area (Å²) in [6.45, 7) is 1.87. The zero-order chi connectivity index (χ0) is 22.0. The Kier molecular flexibility index (Phi) is 5.73. The van der Waals surface area contributed by atoms with Gasteiger partial charge in [0.05, 0.1) is 12.8 Å². The summed E-state index contributed by atoms with van der Waals surface area (Å²) in [4.78, 5) is 29.6. The number of nitrogens with one attached hydrogen (secondary N) is 1. The maximum atomic E-state index is 12.7. The van der Waals surface area contributed by atoms with Gasteiger partial charge >= 0.3 is 5.69 Å². The number of ether oxygens (including phenoxy) is 1. The third-order valence-corrected chi connectivity index (χ3v) is 5.07. The molecule has 158 valence electrons. The number of amides is 1. The van der Waals surface area contributed by atoms with Gasteiger partial charge in [-0.05, 0) is 48.9 Å². The number of rotatable bonds is 6. The molecule has 0 fully saturated rings. The molecule has 4 rings (SSSR count). The molecule has 4 aromatic rings. The summed E-state index contributed by atoms with van der Waals surface area (Å²) in [7, 11) is 1.61. The van der Waals surface area contributed by atoms with Crippen molar-refractivity contribution in [1.29, 1.82) is 0 Å². The molecule has 2 aromatic carbocycles. The van der Waals surface area contributed by atoms with Crippen molar-refractivity contribution >= 4 is 23.2 Å². The van der Waals surface area contributed by atoms with Gasteiger partial charge in [-0.25, -0.2) is 18.9 Å². The molecule has 1 N–H and O–H groups in total. The topological polar surface area (TPSA) is 90.5 Å². The minimum absolute atomic E-state index is 0.189. The Bertz CT molecular complexity index is 1290. The van der Waals surface area contributed by atoms with E-state index in [0.717, 1.165) is 21.6 Å². The molecule has 0 spiro atoms. The summed E-state index contributed by atoms with van der Waals surface area (Å²) in [5.74, 6) is 0.911. The Morgan fingerprint density at radius 3 is 2.52 bits per heavy atom. The average molecular weight is 438 g/mol. The van der Waals surface area contributed by atoms with Gasteiger partial charge in [0, 0.05) is 23.2 Å². The standard InChI is InChI=1S/C22H20ClN5O3/c1-14-25-19(16-5-9-18(31-2)10-6-16)11-20-26-27(22(30)28(14)20)13-21(29)24-12-15-3-7-17(23)8-4-15/h3-11H,12-13H2,1-2H3,(H,24,29). The number of halogens is 1. The van der Waals surface area contributed by atoms with Crippen LogP contribution in [0.15, 0.2) is 59.4 Å². The molecule has 2 aromatic heterocycles. The van der Waals surface area contributed by atoms with Crippen LogP contribution in [0.5, 0.6) is 5.75 Å². The number of hydrogen-bond acceptors (Lipinski definition) is 5. The highest BCUT2D eigenvalue weighted by Gasteiger charge is 2.14. The molecular weight excluding hydrogens is 418 g/mol. The molecule has 0 radical (unpaired) electrons. The first-order chi connectivity index (χ1) is 14.9. The van der Waals surface area contributed by atoms with E-state index in [1.54, 1.807) is 32.2 Å². The highest BCUT2D eigenvalue weighted by atomic mass is 35.5. The van der Waals surface area contributed by atoms with E-state index >= 15 is 0 Å². The second-order valence-electron chi connectivity index (χ2n) is 6.95. The highest BCUT2D eigenvalue weighted by Crippen LogP contribution is 2.21. The second kappa shape index (κ2) is 8.61. The minimum atomic E-state index is -0.414. The van der Waals surface area contributed by atoms with E-state index < -0.39 is 5.69 Å². The normalized spacial score (nSPS) is 10.9. The highest BCUT2D eigenvalue weighted by molar-refractivity contribution is 6.30. The van der Waals surface area contributed by atoms with Gasteiger partial charge in [0.2, 0.25) is 5.91 Å². The Balaban J connectivity index is 1.55. The van der Waals surface area contributed by atoms with Crippen LogP contribution in [0, 0.1) is 6.92 Å². The molecule has 0 aliphatic heterocycles. The molecule has 0 saturated carbocycles. The lowest BCUT2D eigenvalue weighted by molar-refractivity contribution is -0.122. The first kappa shape index (κ1) is 20.6. The van der Waals surface area contributed by atoms with Crippen LogP contribution < -0.4 is 15.7 Å². The molecule has 9 heteroatoms.